The van der Waals surface area contributed by atoms with Crippen LogP contribution in [0.5, 0.6) is 5.75 Å². The van der Waals surface area contributed by atoms with Gasteiger partial charge >= 0.3 is 0 Å². The van der Waals surface area contributed by atoms with E-state index in [1.165, 1.54) is 0 Å². The van der Waals surface area contributed by atoms with Crippen LogP contribution in [0.25, 0.3) is 0 Å². The normalized spacial score (nSPS) is 11.1. The van der Waals surface area contributed by atoms with E-state index in [1.807, 2.05) is 31.2 Å². The Balaban J connectivity index is 2.82. The van der Waals surface area contributed by atoms with Crippen LogP contribution in [0.1, 0.15) is 12.5 Å². The van der Waals surface area contributed by atoms with Gasteiger partial charge in [-0.25, -0.2) is 5.84 Å². The average molecular weight is 194 g/mol. The van der Waals surface area contributed by atoms with Gasteiger partial charge in [-0.15, -0.1) is 0 Å². The zero-order valence-corrected chi connectivity index (χ0v) is 8.03. The summed E-state index contributed by atoms with van der Waals surface area (Å²) in [5.74, 6) is 11.6. The van der Waals surface area contributed by atoms with Crippen molar-refractivity contribution in [2.24, 2.45) is 16.8 Å². The van der Waals surface area contributed by atoms with E-state index in [9.17, 15) is 0 Å². The number of nitrogens with zero attached hydrogens (tertiary/aromatic N) is 1. The Bertz CT molecular complexity index is 307. The standard InChI is InChI=1S/C9H14N4O/c1-2-14-8-5-3-7(4-6-8)9(12-10)13-11/h3-6H,2,10-11H2,1H3,(H,12,13). The van der Waals surface area contributed by atoms with E-state index in [2.05, 4.69) is 10.5 Å². The third kappa shape index (κ3) is 2.37. The molecule has 0 saturated carbocycles. The van der Waals surface area contributed by atoms with Gasteiger partial charge in [0.2, 0.25) is 0 Å². The Labute approximate surface area is 82.7 Å². The van der Waals surface area contributed by atoms with Gasteiger partial charge in [-0.05, 0) is 31.2 Å². The molecule has 0 radical (unpaired) electrons. The van der Waals surface area contributed by atoms with E-state index >= 15 is 0 Å². The molecule has 76 valence electrons. The number of benzene rings is 1. The molecule has 0 bridgehead atoms. The lowest BCUT2D eigenvalue weighted by Crippen LogP contribution is -2.31. The molecule has 1 aromatic rings. The highest BCUT2D eigenvalue weighted by atomic mass is 16.5. The van der Waals surface area contributed by atoms with Crippen molar-refractivity contribution >= 4 is 5.84 Å². The highest BCUT2D eigenvalue weighted by molar-refractivity contribution is 5.98. The maximum Gasteiger partial charge on any atom is 0.166 e. The van der Waals surface area contributed by atoms with Crippen LogP contribution < -0.4 is 21.8 Å². The summed E-state index contributed by atoms with van der Waals surface area (Å²) in [7, 11) is 0. The maximum atomic E-state index is 5.29. The first-order valence-electron chi connectivity index (χ1n) is 4.29. The van der Waals surface area contributed by atoms with Crippen LogP contribution in [0, 0.1) is 0 Å². The van der Waals surface area contributed by atoms with Crippen LogP contribution in [-0.4, -0.2) is 12.4 Å². The zero-order chi connectivity index (χ0) is 10.4. The average Bonchev–Trinajstić information content (AvgIpc) is 2.23. The summed E-state index contributed by atoms with van der Waals surface area (Å²) in [6, 6.07) is 7.33. The third-order valence-electron chi connectivity index (χ3n) is 1.70. The second-order valence-electron chi connectivity index (χ2n) is 2.58. The molecule has 5 nitrogen and oxygen atoms in total. The highest BCUT2D eigenvalue weighted by Crippen LogP contribution is 2.11. The maximum absolute atomic E-state index is 5.29. The number of nitrogens with one attached hydrogen (secondary N) is 1. The second kappa shape index (κ2) is 5.08. The molecule has 0 aliphatic heterocycles. The van der Waals surface area contributed by atoms with Crippen molar-refractivity contribution in [1.29, 1.82) is 0 Å². The Kier molecular flexibility index (Phi) is 3.75. The predicted molar refractivity (Wildman–Crippen MR) is 55.7 cm³/mol. The molecule has 0 heterocycles. The molecular formula is C9H14N4O. The van der Waals surface area contributed by atoms with Gasteiger partial charge in [-0.3, -0.25) is 0 Å². The molecule has 1 rings (SSSR count). The van der Waals surface area contributed by atoms with Crippen LogP contribution in [0.2, 0.25) is 0 Å². The number of hydrogen-bond acceptors (Lipinski definition) is 4. The number of amidine groups is 1. The fourth-order valence-corrected chi connectivity index (χ4v) is 1.07. The van der Waals surface area contributed by atoms with Gasteiger partial charge in [0.25, 0.3) is 0 Å². The first-order valence-corrected chi connectivity index (χ1v) is 4.29. The molecule has 5 heteroatoms. The Hall–Kier alpha value is -1.75. The Morgan fingerprint density at radius 3 is 2.50 bits per heavy atom. The number of hydrazone groups is 1. The van der Waals surface area contributed by atoms with E-state index in [4.69, 9.17) is 16.4 Å². The molecule has 0 saturated heterocycles. The van der Waals surface area contributed by atoms with Crippen molar-refractivity contribution in [3.8, 4) is 5.75 Å². The van der Waals surface area contributed by atoms with Crippen molar-refractivity contribution < 1.29 is 4.74 Å². The molecule has 1 aromatic carbocycles. The summed E-state index contributed by atoms with van der Waals surface area (Å²) in [5.41, 5.74) is 3.22. The lowest BCUT2D eigenvalue weighted by Gasteiger charge is -2.06. The molecule has 0 fully saturated rings. The fourth-order valence-electron chi connectivity index (χ4n) is 1.07. The summed E-state index contributed by atoms with van der Waals surface area (Å²) in [6.45, 7) is 2.58. The zero-order valence-electron chi connectivity index (χ0n) is 8.03. The van der Waals surface area contributed by atoms with Crippen molar-refractivity contribution in [3.63, 3.8) is 0 Å². The number of hydrogen-bond donors (Lipinski definition) is 3. The van der Waals surface area contributed by atoms with Gasteiger partial charge in [0.15, 0.2) is 5.84 Å². The number of rotatable bonds is 3. The number of hydrazine groups is 1. The van der Waals surface area contributed by atoms with Gasteiger partial charge in [-0.2, -0.15) is 5.10 Å². The van der Waals surface area contributed by atoms with E-state index in [0.717, 1.165) is 11.3 Å². The first-order chi connectivity index (χ1) is 6.81. The molecule has 14 heavy (non-hydrogen) atoms. The minimum atomic E-state index is 0.438. The molecule has 0 aliphatic carbocycles. The molecule has 0 aromatic heterocycles. The fraction of sp³-hybridized carbons (Fsp3) is 0.222. The SMILES string of the molecule is CCOc1ccc(/C(=N/N)NN)cc1. The summed E-state index contributed by atoms with van der Waals surface area (Å²) in [6.07, 6.45) is 0. The minimum Gasteiger partial charge on any atom is -0.494 e. The molecule has 0 amide bonds. The van der Waals surface area contributed by atoms with Crippen molar-refractivity contribution in [1.82, 2.24) is 5.43 Å². The largest absolute Gasteiger partial charge is 0.494 e. The first kappa shape index (κ1) is 10.3. The number of nitrogens with two attached hydrogens (primary N) is 2. The molecule has 0 aliphatic rings. The van der Waals surface area contributed by atoms with Crippen molar-refractivity contribution in [2.75, 3.05) is 6.61 Å². The smallest absolute Gasteiger partial charge is 0.166 e. The molecule has 0 atom stereocenters. The van der Waals surface area contributed by atoms with E-state index in [-0.39, 0.29) is 0 Å². The lowest BCUT2D eigenvalue weighted by atomic mass is 10.2. The lowest BCUT2D eigenvalue weighted by molar-refractivity contribution is 0.340. The van der Waals surface area contributed by atoms with E-state index in [1.54, 1.807) is 0 Å². The van der Waals surface area contributed by atoms with Crippen LogP contribution in [0.15, 0.2) is 29.4 Å². The van der Waals surface area contributed by atoms with Crippen LogP contribution in [0.4, 0.5) is 0 Å². The van der Waals surface area contributed by atoms with Crippen LogP contribution >= 0.6 is 0 Å². The van der Waals surface area contributed by atoms with Gasteiger partial charge in [0.1, 0.15) is 5.75 Å². The highest BCUT2D eigenvalue weighted by Gasteiger charge is 2.00. The molecule has 0 spiro atoms. The molecule has 5 N–H and O–H groups in total. The topological polar surface area (TPSA) is 85.7 Å². The predicted octanol–water partition coefficient (Wildman–Crippen LogP) is 0.169. The van der Waals surface area contributed by atoms with Gasteiger partial charge in [0.05, 0.1) is 6.61 Å². The monoisotopic (exact) mass is 194 g/mol. The van der Waals surface area contributed by atoms with Gasteiger partial charge < -0.3 is 16.0 Å². The third-order valence-corrected chi connectivity index (χ3v) is 1.70. The summed E-state index contributed by atoms with van der Waals surface area (Å²) in [4.78, 5) is 0. The molecule has 0 unspecified atom stereocenters. The minimum absolute atomic E-state index is 0.438. The van der Waals surface area contributed by atoms with Crippen molar-refractivity contribution in [3.05, 3.63) is 29.8 Å². The van der Waals surface area contributed by atoms with Gasteiger partial charge in [-0.1, -0.05) is 0 Å². The summed E-state index contributed by atoms with van der Waals surface area (Å²) >= 11 is 0. The van der Waals surface area contributed by atoms with E-state index < -0.39 is 0 Å². The molecular weight excluding hydrogens is 180 g/mol. The Morgan fingerprint density at radius 2 is 2.07 bits per heavy atom. The number of ether oxygens (including phenoxy) is 1. The second-order valence-corrected chi connectivity index (χ2v) is 2.58. The van der Waals surface area contributed by atoms with Crippen LogP contribution in [0.3, 0.4) is 0 Å². The summed E-state index contributed by atoms with van der Waals surface area (Å²) in [5, 5.41) is 3.49. The van der Waals surface area contributed by atoms with Gasteiger partial charge in [0, 0.05) is 5.56 Å². The summed E-state index contributed by atoms with van der Waals surface area (Å²) < 4.78 is 5.29. The quantitative estimate of drug-likeness (QED) is 0.277. The Morgan fingerprint density at radius 1 is 1.43 bits per heavy atom. The van der Waals surface area contributed by atoms with Crippen molar-refractivity contribution in [2.45, 2.75) is 6.92 Å². The van der Waals surface area contributed by atoms with Crippen LogP contribution in [-0.2, 0) is 0 Å². The van der Waals surface area contributed by atoms with E-state index in [0.29, 0.717) is 12.4 Å².